The van der Waals surface area contributed by atoms with Crippen LogP contribution < -0.4 is 5.32 Å². The van der Waals surface area contributed by atoms with Gasteiger partial charge in [0, 0.05) is 48.3 Å². The molecule has 11 nitrogen and oxygen atoms in total. The van der Waals surface area contributed by atoms with Gasteiger partial charge in [0.05, 0.1) is 18.8 Å². The summed E-state index contributed by atoms with van der Waals surface area (Å²) in [5.74, 6) is -2.07. The highest BCUT2D eigenvalue weighted by Gasteiger charge is 2.53. The van der Waals surface area contributed by atoms with E-state index in [1.165, 1.54) is 0 Å². The Morgan fingerprint density at radius 2 is 1.92 bits per heavy atom. The number of nitrogens with one attached hydrogen (secondary N) is 2. The van der Waals surface area contributed by atoms with Gasteiger partial charge in [-0.15, -0.1) is 0 Å². The zero-order chi connectivity index (χ0) is 25.5. The minimum Gasteiger partial charge on any atom is -0.379 e. The van der Waals surface area contributed by atoms with Crippen molar-refractivity contribution < 1.29 is 36.6 Å². The topological polar surface area (TPSA) is 146 Å². The molecule has 5 rings (SSSR count). The molecule has 4 heterocycles. The highest BCUT2D eigenvalue weighted by molar-refractivity contribution is 8.14. The summed E-state index contributed by atoms with van der Waals surface area (Å²) in [6, 6.07) is 6.93. The summed E-state index contributed by atoms with van der Waals surface area (Å²) in [7, 11) is -4.61. The first kappa shape index (κ1) is 24.9. The Morgan fingerprint density at radius 3 is 2.61 bits per heavy atom. The van der Waals surface area contributed by atoms with Gasteiger partial charge in [-0.05, 0) is 41.6 Å². The summed E-state index contributed by atoms with van der Waals surface area (Å²) in [4.78, 5) is 43.4. The van der Waals surface area contributed by atoms with Crippen LogP contribution in [0.5, 0.6) is 0 Å². The molecule has 36 heavy (non-hydrogen) atoms. The quantitative estimate of drug-likeness (QED) is 0.276. The van der Waals surface area contributed by atoms with Crippen molar-refractivity contribution in [3.05, 3.63) is 52.8 Å². The highest BCUT2D eigenvalue weighted by Crippen LogP contribution is 2.36. The van der Waals surface area contributed by atoms with Crippen LogP contribution in [0.3, 0.4) is 0 Å². The van der Waals surface area contributed by atoms with Crippen LogP contribution in [0.2, 0.25) is 0 Å². The lowest BCUT2D eigenvalue weighted by Gasteiger charge is -2.26. The smallest absolute Gasteiger partial charge is 0.379 e. The molecule has 1 aromatic carbocycles. The van der Waals surface area contributed by atoms with Gasteiger partial charge in [0.1, 0.15) is 12.3 Å². The molecule has 2 fully saturated rings. The van der Waals surface area contributed by atoms with E-state index in [4.69, 9.17) is 4.74 Å². The number of carbonyl (C=O) groups excluding carboxylic acids is 3. The van der Waals surface area contributed by atoms with Gasteiger partial charge in [-0.3, -0.25) is 14.2 Å². The number of aromatic amines is 1. The Bertz CT molecular complexity index is 1360. The molecule has 0 bridgehead atoms. The first-order valence-corrected chi connectivity index (χ1v) is 13.9. The van der Waals surface area contributed by atoms with E-state index in [0.717, 1.165) is 42.7 Å². The van der Waals surface area contributed by atoms with Crippen LogP contribution in [0.25, 0.3) is 11.6 Å². The van der Waals surface area contributed by atoms with E-state index in [1.54, 1.807) is 24.3 Å². The normalized spacial score (nSPS) is 23.9. The van der Waals surface area contributed by atoms with Gasteiger partial charge in [0.15, 0.2) is 0 Å². The highest BCUT2D eigenvalue weighted by atomic mass is 32.2. The second-order valence-corrected chi connectivity index (χ2v) is 11.4. The Balaban J connectivity index is 1.42. The third-order valence-corrected chi connectivity index (χ3v) is 8.18. The summed E-state index contributed by atoms with van der Waals surface area (Å²) in [5.41, 5.74) is 3.88. The number of benzene rings is 1. The third kappa shape index (κ3) is 5.03. The van der Waals surface area contributed by atoms with E-state index < -0.39 is 31.6 Å². The number of aromatic nitrogens is 1. The van der Waals surface area contributed by atoms with Gasteiger partial charge in [0.25, 0.3) is 5.91 Å². The number of hydrogen-bond donors (Lipinski definition) is 3. The van der Waals surface area contributed by atoms with Crippen molar-refractivity contribution in [1.29, 1.82) is 0 Å². The van der Waals surface area contributed by atoms with Crippen LogP contribution in [0.1, 0.15) is 22.4 Å². The van der Waals surface area contributed by atoms with Crippen LogP contribution in [0, 0.1) is 0 Å². The third-order valence-electron chi connectivity index (χ3n) is 6.42. The van der Waals surface area contributed by atoms with Crippen LogP contribution in [0.15, 0.2) is 30.5 Å². The summed E-state index contributed by atoms with van der Waals surface area (Å²) in [6.07, 6.45) is 3.63. The largest absolute Gasteiger partial charge is 0.384 e. The summed E-state index contributed by atoms with van der Waals surface area (Å²) >= 11 is 0.731. The van der Waals surface area contributed by atoms with E-state index in [2.05, 4.69) is 15.2 Å². The van der Waals surface area contributed by atoms with Crippen molar-refractivity contribution in [2.75, 3.05) is 43.2 Å². The number of ether oxygens (including phenoxy) is 1. The van der Waals surface area contributed by atoms with Crippen LogP contribution in [0.4, 0.5) is 10.5 Å². The fourth-order valence-electron chi connectivity index (χ4n) is 4.67. The van der Waals surface area contributed by atoms with E-state index in [0.29, 0.717) is 35.6 Å². The second-order valence-electron chi connectivity index (χ2n) is 9.03. The number of fused-ring (bicyclic) bond motifs is 1. The van der Waals surface area contributed by atoms with Crippen molar-refractivity contribution in [1.82, 2.24) is 9.88 Å². The molecule has 2 saturated heterocycles. The van der Waals surface area contributed by atoms with Gasteiger partial charge in [-0.1, -0.05) is 6.07 Å². The molecular formula is C23H25N4O7S2+. The average Bonchev–Trinajstić information content (AvgIpc) is 3.47. The predicted molar refractivity (Wildman–Crippen MR) is 133 cm³/mol. The Labute approximate surface area is 211 Å². The zero-order valence-corrected chi connectivity index (χ0v) is 20.9. The van der Waals surface area contributed by atoms with Crippen LogP contribution >= 0.6 is 11.8 Å². The molecule has 3 aliphatic rings. The van der Waals surface area contributed by atoms with Gasteiger partial charge in [-0.2, -0.15) is 12.9 Å². The first-order valence-electron chi connectivity index (χ1n) is 11.3. The minimum absolute atomic E-state index is 0.163. The van der Waals surface area contributed by atoms with Crippen molar-refractivity contribution >= 4 is 56.3 Å². The molecule has 1 unspecified atom stereocenters. The SMILES string of the molecule is O=C1Nc2ccc(C[N+]3(CS(=O)(=O)O)C(=O)CSC3=O)cc2C1=Cc1cc(CN2CCOCC2)c[nH]1. The molecule has 1 atom stereocenters. The number of rotatable bonds is 7. The monoisotopic (exact) mass is 533 g/mol. The molecular weight excluding hydrogens is 508 g/mol. The molecule has 0 aliphatic carbocycles. The van der Waals surface area contributed by atoms with Gasteiger partial charge < -0.3 is 15.0 Å². The molecule has 13 heteroatoms. The molecule has 3 amide bonds. The molecule has 2 aromatic rings. The van der Waals surface area contributed by atoms with Gasteiger partial charge in [0.2, 0.25) is 5.88 Å². The maximum Gasteiger partial charge on any atom is 0.384 e. The number of thioether (sulfide) groups is 1. The summed E-state index contributed by atoms with van der Waals surface area (Å²) in [6.45, 7) is 3.67. The number of anilines is 1. The lowest BCUT2D eigenvalue weighted by molar-refractivity contribution is -0.765. The Morgan fingerprint density at radius 1 is 1.14 bits per heavy atom. The number of amides is 3. The van der Waals surface area contributed by atoms with Crippen molar-refractivity contribution in [2.24, 2.45) is 0 Å². The molecule has 3 aliphatic heterocycles. The van der Waals surface area contributed by atoms with E-state index >= 15 is 0 Å². The van der Waals surface area contributed by atoms with Crippen molar-refractivity contribution in [2.45, 2.75) is 13.1 Å². The number of quaternary nitrogens is 1. The maximum atomic E-state index is 12.7. The number of H-pyrrole nitrogens is 1. The van der Waals surface area contributed by atoms with Crippen molar-refractivity contribution in [3.8, 4) is 0 Å². The van der Waals surface area contributed by atoms with Crippen LogP contribution in [-0.4, -0.2) is 82.3 Å². The van der Waals surface area contributed by atoms with Gasteiger partial charge in [-0.25, -0.2) is 9.59 Å². The number of carbonyl (C=O) groups is 3. The van der Waals surface area contributed by atoms with E-state index in [9.17, 15) is 27.4 Å². The zero-order valence-electron chi connectivity index (χ0n) is 19.2. The molecule has 3 N–H and O–H groups in total. The summed E-state index contributed by atoms with van der Waals surface area (Å²) < 4.78 is 37.1. The lowest BCUT2D eigenvalue weighted by atomic mass is 10.0. The number of imide groups is 1. The fraction of sp³-hybridized carbons (Fsp3) is 0.348. The molecule has 0 saturated carbocycles. The lowest BCUT2D eigenvalue weighted by Crippen LogP contribution is -2.53. The first-order chi connectivity index (χ1) is 17.1. The Hall–Kier alpha value is -2.81. The number of nitrogens with zero attached hydrogens (tertiary/aromatic N) is 2. The van der Waals surface area contributed by atoms with E-state index in [1.807, 2.05) is 12.3 Å². The standard InChI is InChI=1S/C23H24N4O7S2/c28-21-13-35-23(30)27(21,14-36(31,32)33)12-15-1-2-20-18(8-15)19(22(29)25-20)9-17-7-16(10-24-17)11-26-3-5-34-6-4-26/h1-2,7-10H,3-6,11-14H2,(H2-,24,25,29,31,32,33)/p+1. The maximum absolute atomic E-state index is 12.7. The minimum atomic E-state index is -4.61. The molecule has 0 spiro atoms. The summed E-state index contributed by atoms with van der Waals surface area (Å²) in [5, 5.41) is 2.17. The molecule has 1 aromatic heterocycles. The van der Waals surface area contributed by atoms with Crippen LogP contribution in [-0.2, 0) is 37.5 Å². The number of morpholine rings is 1. The number of hydrogen-bond acceptors (Lipinski definition) is 8. The second kappa shape index (κ2) is 9.57. The fourth-order valence-corrected chi connectivity index (χ4v) is 6.63. The van der Waals surface area contributed by atoms with Crippen molar-refractivity contribution in [3.63, 3.8) is 0 Å². The predicted octanol–water partition coefficient (Wildman–Crippen LogP) is 1.90. The average molecular weight is 534 g/mol. The van der Waals surface area contributed by atoms with Gasteiger partial charge >= 0.3 is 21.3 Å². The molecule has 0 radical (unpaired) electrons. The Kier molecular flexibility index (Phi) is 6.61. The molecule has 190 valence electrons. The van der Waals surface area contributed by atoms with E-state index in [-0.39, 0.29) is 18.2 Å².